The first-order valence-corrected chi connectivity index (χ1v) is 15.5. The van der Waals surface area contributed by atoms with Crippen molar-refractivity contribution in [3.63, 3.8) is 0 Å². The van der Waals surface area contributed by atoms with E-state index in [2.05, 4.69) is 112 Å². The molecule has 0 saturated carbocycles. The molecule has 0 amide bonds. The van der Waals surface area contributed by atoms with Gasteiger partial charge in [-0.15, -0.1) is 71.8 Å². The van der Waals surface area contributed by atoms with Crippen molar-refractivity contribution in [1.29, 1.82) is 0 Å². The number of nitrogens with zero attached hydrogens (tertiary/aromatic N) is 4. The molecule has 4 aromatic heterocycles. The smallest absolute Gasteiger partial charge is 0.0777 e. The third-order valence-corrected chi connectivity index (χ3v) is 9.05. The molecule has 1 radical (unpaired) electrons. The fourth-order valence-corrected chi connectivity index (χ4v) is 6.98. The SMILES string of the molecule is Cc1ccc(-c2[c-]cccc2)nc1.Cn1c(-c2[c-]cccc2)nc2ccc3ccc4c(c5cccc6c7ccccc7n4c65)c3c21.[Ir]. The third-order valence-electron chi connectivity index (χ3n) is 9.05. The Balaban J connectivity index is 0.000000196. The standard InChI is InChI=1S/C30H18N3.C12H10N.Ir/c1-32-29-23(31-30(32)19-8-3-2-4-9-19)16-14-18-15-17-25-27(26(18)29)22-12-7-11-21-20-10-5-6-13-24(20)33(25)28(21)22;1-10-7-8-12(13-9-10)11-5-3-2-4-6-11;/h2-8,10-17H,1H3;2-5,7-9H,1H3;/q2*-1;. The summed E-state index contributed by atoms with van der Waals surface area (Å²) in [5, 5.41) is 7.72. The summed E-state index contributed by atoms with van der Waals surface area (Å²) in [7, 11) is 2.12. The van der Waals surface area contributed by atoms with E-state index in [1.165, 1.54) is 59.9 Å². The van der Waals surface area contributed by atoms with Crippen LogP contribution in [0.3, 0.4) is 0 Å². The molecule has 10 rings (SSSR count). The van der Waals surface area contributed by atoms with E-state index in [0.29, 0.717) is 0 Å². The van der Waals surface area contributed by atoms with Crippen molar-refractivity contribution in [3.05, 3.63) is 151 Å². The van der Waals surface area contributed by atoms with E-state index in [4.69, 9.17) is 4.98 Å². The van der Waals surface area contributed by atoms with Crippen molar-refractivity contribution in [2.75, 3.05) is 0 Å². The Morgan fingerprint density at radius 1 is 0.596 bits per heavy atom. The average molecular weight is 781 g/mol. The van der Waals surface area contributed by atoms with Crippen LogP contribution in [-0.4, -0.2) is 18.9 Å². The number of para-hydroxylation sites is 2. The van der Waals surface area contributed by atoms with Gasteiger partial charge in [-0.05, 0) is 41.8 Å². The summed E-state index contributed by atoms with van der Waals surface area (Å²) in [6.45, 7) is 2.03. The molecule has 5 heteroatoms. The minimum atomic E-state index is 0. The van der Waals surface area contributed by atoms with Gasteiger partial charge in [-0.2, -0.15) is 0 Å². The number of pyridine rings is 1. The van der Waals surface area contributed by atoms with Gasteiger partial charge in [-0.25, -0.2) is 0 Å². The quantitative estimate of drug-likeness (QED) is 0.164. The van der Waals surface area contributed by atoms with Crippen LogP contribution in [0.5, 0.6) is 0 Å². The van der Waals surface area contributed by atoms with Crippen molar-refractivity contribution < 1.29 is 20.1 Å². The number of fused-ring (bicyclic) bond motifs is 10. The zero-order valence-corrected chi connectivity index (χ0v) is 28.2. The van der Waals surface area contributed by atoms with Crippen LogP contribution in [-0.2, 0) is 27.2 Å². The zero-order valence-electron chi connectivity index (χ0n) is 25.8. The molecule has 0 spiro atoms. The van der Waals surface area contributed by atoms with Gasteiger partial charge in [-0.3, -0.25) is 4.98 Å². The van der Waals surface area contributed by atoms with Crippen molar-refractivity contribution in [2.45, 2.75) is 6.92 Å². The van der Waals surface area contributed by atoms with Crippen LogP contribution in [0.25, 0.3) is 82.5 Å². The van der Waals surface area contributed by atoms with Crippen LogP contribution in [0.4, 0.5) is 0 Å². The fraction of sp³-hybridized carbons (Fsp3) is 0.0476. The Bertz CT molecular complexity index is 2690. The summed E-state index contributed by atoms with van der Waals surface area (Å²) < 4.78 is 4.67. The summed E-state index contributed by atoms with van der Waals surface area (Å²) in [5.74, 6) is 0.942. The van der Waals surface area contributed by atoms with Gasteiger partial charge in [0.05, 0.1) is 33.4 Å². The number of imidazole rings is 1. The number of hydrogen-bond donors (Lipinski definition) is 0. The number of rotatable bonds is 2. The molecule has 0 bridgehead atoms. The van der Waals surface area contributed by atoms with Crippen molar-refractivity contribution in [3.8, 4) is 22.6 Å². The first-order chi connectivity index (χ1) is 22.7. The van der Waals surface area contributed by atoms with Crippen molar-refractivity contribution in [1.82, 2.24) is 18.9 Å². The van der Waals surface area contributed by atoms with Crippen LogP contribution in [0, 0.1) is 19.1 Å². The van der Waals surface area contributed by atoms with E-state index in [-0.39, 0.29) is 20.1 Å². The van der Waals surface area contributed by atoms with Crippen LogP contribution in [0.1, 0.15) is 5.56 Å². The van der Waals surface area contributed by atoms with Crippen LogP contribution >= 0.6 is 0 Å². The molecule has 0 aliphatic rings. The van der Waals surface area contributed by atoms with E-state index in [9.17, 15) is 0 Å². The predicted molar refractivity (Wildman–Crippen MR) is 190 cm³/mol. The first-order valence-electron chi connectivity index (χ1n) is 15.5. The molecule has 6 aromatic carbocycles. The second-order valence-corrected chi connectivity index (χ2v) is 11.8. The second-order valence-electron chi connectivity index (χ2n) is 11.8. The molecule has 0 aliphatic carbocycles. The second kappa shape index (κ2) is 11.5. The molecule has 0 N–H and O–H groups in total. The third kappa shape index (κ3) is 4.54. The molecule has 4 nitrogen and oxygen atoms in total. The van der Waals surface area contributed by atoms with E-state index < -0.39 is 0 Å². The van der Waals surface area contributed by atoms with Crippen LogP contribution in [0.2, 0.25) is 0 Å². The van der Waals surface area contributed by atoms with Gasteiger partial charge in [0.2, 0.25) is 0 Å². The Morgan fingerprint density at radius 3 is 2.09 bits per heavy atom. The monoisotopic (exact) mass is 781 g/mol. The number of benzene rings is 6. The maximum absolute atomic E-state index is 5.02. The van der Waals surface area contributed by atoms with Gasteiger partial charge in [0.1, 0.15) is 0 Å². The Labute approximate surface area is 285 Å². The molecule has 0 aliphatic heterocycles. The molecule has 0 saturated heterocycles. The fourth-order valence-electron chi connectivity index (χ4n) is 6.98. The van der Waals surface area contributed by atoms with Gasteiger partial charge in [0.25, 0.3) is 0 Å². The summed E-state index contributed by atoms with van der Waals surface area (Å²) >= 11 is 0. The van der Waals surface area contributed by atoms with Gasteiger partial charge in [-0.1, -0.05) is 60.7 Å². The van der Waals surface area contributed by atoms with Crippen LogP contribution < -0.4 is 0 Å². The maximum atomic E-state index is 5.02. The molecule has 0 atom stereocenters. The zero-order chi connectivity index (χ0) is 30.8. The Morgan fingerprint density at radius 2 is 1.32 bits per heavy atom. The molecule has 4 heterocycles. The summed E-state index contributed by atoms with van der Waals surface area (Å²) in [4.78, 5) is 9.34. The van der Waals surface area contributed by atoms with Crippen LogP contribution in [0.15, 0.2) is 134 Å². The molecular weight excluding hydrogens is 753 g/mol. The average Bonchev–Trinajstić information content (AvgIpc) is 3.76. The van der Waals surface area contributed by atoms with E-state index in [0.717, 1.165) is 28.2 Å². The summed E-state index contributed by atoms with van der Waals surface area (Å²) in [6, 6.07) is 50.8. The molecule has 0 unspecified atom stereocenters. The Kier molecular flexibility index (Phi) is 7.09. The molecule has 0 fully saturated rings. The molecule has 47 heavy (non-hydrogen) atoms. The number of aromatic nitrogens is 4. The number of aryl methyl sites for hydroxylation is 2. The molecular formula is C42H28IrN4-2. The number of hydrogen-bond acceptors (Lipinski definition) is 2. The van der Waals surface area contributed by atoms with E-state index in [1.807, 2.05) is 61.7 Å². The van der Waals surface area contributed by atoms with E-state index >= 15 is 0 Å². The van der Waals surface area contributed by atoms with Gasteiger partial charge in [0, 0.05) is 60.3 Å². The largest absolute Gasteiger partial charge is 0.366 e. The summed E-state index contributed by atoms with van der Waals surface area (Å²) in [6.07, 6.45) is 1.87. The van der Waals surface area contributed by atoms with Gasteiger partial charge in [0.15, 0.2) is 0 Å². The first kappa shape index (κ1) is 29.1. The van der Waals surface area contributed by atoms with E-state index in [1.54, 1.807) is 0 Å². The van der Waals surface area contributed by atoms with Gasteiger partial charge < -0.3 is 14.0 Å². The summed E-state index contributed by atoms with van der Waals surface area (Å²) in [5.41, 5.74) is 10.2. The minimum absolute atomic E-state index is 0. The van der Waals surface area contributed by atoms with Crippen molar-refractivity contribution >= 4 is 59.9 Å². The molecule has 227 valence electrons. The normalized spacial score (nSPS) is 11.4. The van der Waals surface area contributed by atoms with Gasteiger partial charge >= 0.3 is 0 Å². The Hall–Kier alpha value is -5.35. The maximum Gasteiger partial charge on any atom is 0.0777 e. The van der Waals surface area contributed by atoms with Crippen molar-refractivity contribution in [2.24, 2.45) is 7.05 Å². The predicted octanol–water partition coefficient (Wildman–Crippen LogP) is 10.2. The minimum Gasteiger partial charge on any atom is -0.366 e. The topological polar surface area (TPSA) is 35.1 Å². The molecule has 10 aromatic rings.